The summed E-state index contributed by atoms with van der Waals surface area (Å²) in [5.41, 5.74) is 1.96. The molecule has 1 saturated carbocycles. The molecule has 2 nitrogen and oxygen atoms in total. The van der Waals surface area contributed by atoms with Crippen LogP contribution < -0.4 is 10.1 Å². The quantitative estimate of drug-likeness (QED) is 0.881. The van der Waals surface area contributed by atoms with Gasteiger partial charge in [-0.15, -0.1) is 0 Å². The Bertz CT molecular complexity index is 451. The van der Waals surface area contributed by atoms with Crippen molar-refractivity contribution in [3.8, 4) is 5.75 Å². The van der Waals surface area contributed by atoms with E-state index >= 15 is 0 Å². The molecule has 1 fully saturated rings. The third-order valence-electron chi connectivity index (χ3n) is 3.90. The molecule has 0 unspecified atom stereocenters. The summed E-state index contributed by atoms with van der Waals surface area (Å²) in [5.74, 6) is -0.409. The van der Waals surface area contributed by atoms with Crippen LogP contribution in [0.1, 0.15) is 31.2 Å². The van der Waals surface area contributed by atoms with E-state index in [2.05, 4.69) is 5.32 Å². The van der Waals surface area contributed by atoms with Crippen molar-refractivity contribution >= 4 is 5.69 Å². The molecule has 0 spiro atoms. The van der Waals surface area contributed by atoms with Gasteiger partial charge in [0.1, 0.15) is 5.75 Å². The molecule has 0 amide bonds. The molecule has 0 saturated heterocycles. The first-order valence-electron chi connectivity index (χ1n) is 6.88. The molecular weight excluding hydrogens is 267 g/mol. The lowest BCUT2D eigenvalue weighted by Gasteiger charge is -2.31. The first kappa shape index (κ1) is 15.0. The fourth-order valence-electron chi connectivity index (χ4n) is 2.72. The monoisotopic (exact) mass is 287 g/mol. The maximum Gasteiger partial charge on any atom is 0.391 e. The number of aryl methyl sites for hydroxylation is 1. The minimum Gasteiger partial charge on any atom is -0.495 e. The van der Waals surface area contributed by atoms with Crippen molar-refractivity contribution in [3.05, 3.63) is 23.8 Å². The summed E-state index contributed by atoms with van der Waals surface area (Å²) in [6.07, 6.45) is -2.56. The topological polar surface area (TPSA) is 21.3 Å². The van der Waals surface area contributed by atoms with E-state index in [1.807, 2.05) is 25.1 Å². The third kappa shape index (κ3) is 3.58. The second-order valence-corrected chi connectivity index (χ2v) is 5.44. The van der Waals surface area contributed by atoms with Gasteiger partial charge in [0.2, 0.25) is 0 Å². The van der Waals surface area contributed by atoms with Crippen LogP contribution in [0.3, 0.4) is 0 Å². The Kier molecular flexibility index (Phi) is 4.45. The summed E-state index contributed by atoms with van der Waals surface area (Å²) in [5, 5.41) is 3.32. The predicted molar refractivity (Wildman–Crippen MR) is 73.2 cm³/mol. The highest BCUT2D eigenvalue weighted by Crippen LogP contribution is 2.38. The van der Waals surface area contributed by atoms with Crippen LogP contribution in [0.15, 0.2) is 18.2 Å². The second kappa shape index (κ2) is 5.94. The molecule has 0 aliphatic heterocycles. The van der Waals surface area contributed by atoms with Gasteiger partial charge in [-0.3, -0.25) is 0 Å². The fraction of sp³-hybridized carbons (Fsp3) is 0.600. The van der Waals surface area contributed by atoms with E-state index in [4.69, 9.17) is 4.74 Å². The van der Waals surface area contributed by atoms with Crippen LogP contribution in [-0.4, -0.2) is 19.3 Å². The second-order valence-electron chi connectivity index (χ2n) is 5.44. The Hall–Kier alpha value is -1.39. The number of nitrogens with one attached hydrogen (secondary N) is 1. The SMILES string of the molecule is COc1ccc(C)cc1NC1CCC(C(F)(F)F)CC1. The van der Waals surface area contributed by atoms with Crippen LogP contribution in [0.5, 0.6) is 5.75 Å². The van der Waals surface area contributed by atoms with Gasteiger partial charge in [-0.25, -0.2) is 0 Å². The summed E-state index contributed by atoms with van der Waals surface area (Å²) in [4.78, 5) is 0. The summed E-state index contributed by atoms with van der Waals surface area (Å²) in [6, 6.07) is 5.88. The van der Waals surface area contributed by atoms with E-state index < -0.39 is 12.1 Å². The molecule has 0 bridgehead atoms. The van der Waals surface area contributed by atoms with E-state index in [1.54, 1.807) is 7.11 Å². The van der Waals surface area contributed by atoms with Gasteiger partial charge in [0, 0.05) is 6.04 Å². The number of alkyl halides is 3. The molecule has 112 valence electrons. The van der Waals surface area contributed by atoms with E-state index in [-0.39, 0.29) is 18.9 Å². The first-order chi connectivity index (χ1) is 9.40. The van der Waals surface area contributed by atoms with Crippen molar-refractivity contribution < 1.29 is 17.9 Å². The van der Waals surface area contributed by atoms with Crippen LogP contribution in [-0.2, 0) is 0 Å². The highest BCUT2D eigenvalue weighted by molar-refractivity contribution is 5.58. The number of methoxy groups -OCH3 is 1. The molecular formula is C15H20F3NO. The van der Waals surface area contributed by atoms with E-state index in [1.165, 1.54) is 0 Å². The molecule has 20 heavy (non-hydrogen) atoms. The van der Waals surface area contributed by atoms with Crippen LogP contribution in [0, 0.1) is 12.8 Å². The number of hydrogen-bond donors (Lipinski definition) is 1. The van der Waals surface area contributed by atoms with Gasteiger partial charge in [0.15, 0.2) is 0 Å². The number of benzene rings is 1. The fourth-order valence-corrected chi connectivity index (χ4v) is 2.72. The number of halogens is 3. The highest BCUT2D eigenvalue weighted by Gasteiger charge is 2.41. The zero-order valence-electron chi connectivity index (χ0n) is 11.8. The molecule has 2 rings (SSSR count). The van der Waals surface area contributed by atoms with Gasteiger partial charge in [-0.2, -0.15) is 13.2 Å². The summed E-state index contributed by atoms with van der Waals surface area (Å²) in [7, 11) is 1.59. The number of anilines is 1. The van der Waals surface area contributed by atoms with Gasteiger partial charge < -0.3 is 10.1 Å². The van der Waals surface area contributed by atoms with Gasteiger partial charge in [0.25, 0.3) is 0 Å². The Balaban J connectivity index is 1.97. The standard InChI is InChI=1S/C15H20F3NO/c1-10-3-8-14(20-2)13(9-10)19-12-6-4-11(5-7-12)15(16,17)18/h3,8-9,11-12,19H,4-7H2,1-2H3. The smallest absolute Gasteiger partial charge is 0.391 e. The molecule has 1 aromatic rings. The Morgan fingerprint density at radius 2 is 1.80 bits per heavy atom. The average Bonchev–Trinajstić information content (AvgIpc) is 2.38. The molecule has 0 radical (unpaired) electrons. The molecule has 1 aromatic carbocycles. The summed E-state index contributed by atoms with van der Waals surface area (Å²) in [6.45, 7) is 1.98. The number of rotatable bonds is 3. The molecule has 0 aromatic heterocycles. The molecule has 1 aliphatic rings. The van der Waals surface area contributed by atoms with Crippen molar-refractivity contribution in [1.82, 2.24) is 0 Å². The normalized spacial score (nSPS) is 23.4. The lowest BCUT2D eigenvalue weighted by Crippen LogP contribution is -2.32. The zero-order valence-corrected chi connectivity index (χ0v) is 11.8. The largest absolute Gasteiger partial charge is 0.495 e. The molecule has 1 N–H and O–H groups in total. The van der Waals surface area contributed by atoms with E-state index in [0.29, 0.717) is 12.8 Å². The Morgan fingerprint density at radius 3 is 2.35 bits per heavy atom. The zero-order chi connectivity index (χ0) is 14.8. The van der Waals surface area contributed by atoms with Crippen molar-refractivity contribution in [2.45, 2.75) is 44.8 Å². The van der Waals surface area contributed by atoms with Crippen LogP contribution in [0.2, 0.25) is 0 Å². The molecule has 5 heteroatoms. The first-order valence-corrected chi connectivity index (χ1v) is 6.88. The molecule has 0 heterocycles. The van der Waals surface area contributed by atoms with Crippen LogP contribution in [0.4, 0.5) is 18.9 Å². The van der Waals surface area contributed by atoms with Crippen LogP contribution >= 0.6 is 0 Å². The van der Waals surface area contributed by atoms with Crippen molar-refractivity contribution in [2.75, 3.05) is 12.4 Å². The highest BCUT2D eigenvalue weighted by atomic mass is 19.4. The van der Waals surface area contributed by atoms with Gasteiger partial charge in [-0.05, 0) is 50.3 Å². The summed E-state index contributed by atoms with van der Waals surface area (Å²) >= 11 is 0. The molecule has 1 aliphatic carbocycles. The lowest BCUT2D eigenvalue weighted by atomic mass is 9.85. The molecule has 0 atom stereocenters. The number of ether oxygens (including phenoxy) is 1. The Labute approximate surface area is 117 Å². The van der Waals surface area contributed by atoms with Gasteiger partial charge in [-0.1, -0.05) is 6.07 Å². The van der Waals surface area contributed by atoms with Crippen molar-refractivity contribution in [1.29, 1.82) is 0 Å². The summed E-state index contributed by atoms with van der Waals surface area (Å²) < 4.78 is 43.2. The third-order valence-corrected chi connectivity index (χ3v) is 3.90. The van der Waals surface area contributed by atoms with Crippen molar-refractivity contribution in [2.24, 2.45) is 5.92 Å². The van der Waals surface area contributed by atoms with E-state index in [9.17, 15) is 13.2 Å². The maximum absolute atomic E-state index is 12.6. The number of hydrogen-bond acceptors (Lipinski definition) is 2. The van der Waals surface area contributed by atoms with Crippen molar-refractivity contribution in [3.63, 3.8) is 0 Å². The Morgan fingerprint density at radius 1 is 1.15 bits per heavy atom. The maximum atomic E-state index is 12.6. The van der Waals surface area contributed by atoms with E-state index in [0.717, 1.165) is 17.0 Å². The average molecular weight is 287 g/mol. The van der Waals surface area contributed by atoms with Gasteiger partial charge >= 0.3 is 6.18 Å². The minimum absolute atomic E-state index is 0.0873. The minimum atomic E-state index is -4.05. The predicted octanol–water partition coefficient (Wildman–Crippen LogP) is 4.54. The lowest BCUT2D eigenvalue weighted by molar-refractivity contribution is -0.182. The van der Waals surface area contributed by atoms with Gasteiger partial charge in [0.05, 0.1) is 18.7 Å². The van der Waals surface area contributed by atoms with Crippen LogP contribution in [0.25, 0.3) is 0 Å².